The lowest BCUT2D eigenvalue weighted by molar-refractivity contribution is 0.0686. The Morgan fingerprint density at radius 3 is 2.21 bits per heavy atom. The largest absolute Gasteiger partial charge is 0.478 e. The van der Waals surface area contributed by atoms with Crippen LogP contribution in [0.15, 0.2) is 54.6 Å². The highest BCUT2D eigenvalue weighted by atomic mass is 35.5. The zero-order valence-corrected chi connectivity index (χ0v) is 15.5. The molecule has 0 aliphatic heterocycles. The average Bonchev–Trinajstić information content (AvgIpc) is 2.62. The van der Waals surface area contributed by atoms with Gasteiger partial charge in [0, 0.05) is 17.4 Å². The maximum absolute atomic E-state index is 11.3. The number of carboxylic acid groups (broad SMARTS) is 2. The molecule has 0 amide bonds. The van der Waals surface area contributed by atoms with Gasteiger partial charge in [0.1, 0.15) is 5.82 Å². The van der Waals surface area contributed by atoms with Crippen molar-refractivity contribution in [2.45, 2.75) is 6.92 Å². The molecule has 4 N–H and O–H groups in total. The number of nitrogens with zero attached hydrogens (tertiary/aromatic N) is 2. The molecule has 0 saturated carbocycles. The van der Waals surface area contributed by atoms with E-state index in [0.29, 0.717) is 28.8 Å². The Morgan fingerprint density at radius 1 is 0.893 bits per heavy atom. The molecule has 3 rings (SSSR count). The van der Waals surface area contributed by atoms with Crippen LogP contribution < -0.4 is 10.6 Å². The molecular formula is C19H17ClN4O4. The molecule has 8 nitrogen and oxygen atoms in total. The van der Waals surface area contributed by atoms with Crippen LogP contribution in [0.3, 0.4) is 0 Å². The van der Waals surface area contributed by atoms with Gasteiger partial charge in [-0.15, -0.1) is 12.4 Å². The average molecular weight is 401 g/mol. The zero-order chi connectivity index (χ0) is 19.4. The minimum Gasteiger partial charge on any atom is -0.478 e. The first-order valence-electron chi connectivity index (χ1n) is 7.98. The van der Waals surface area contributed by atoms with E-state index in [1.165, 1.54) is 18.2 Å². The molecule has 0 unspecified atom stereocenters. The zero-order valence-electron chi connectivity index (χ0n) is 14.7. The molecule has 0 aliphatic carbocycles. The lowest BCUT2D eigenvalue weighted by Gasteiger charge is -2.11. The van der Waals surface area contributed by atoms with Gasteiger partial charge >= 0.3 is 11.9 Å². The summed E-state index contributed by atoms with van der Waals surface area (Å²) in [5, 5.41) is 24.2. The van der Waals surface area contributed by atoms with Crippen molar-refractivity contribution in [3.8, 4) is 0 Å². The highest BCUT2D eigenvalue weighted by molar-refractivity contribution is 5.95. The van der Waals surface area contributed by atoms with Crippen LogP contribution in [0, 0.1) is 6.92 Å². The van der Waals surface area contributed by atoms with Gasteiger partial charge in [-0.3, -0.25) is 0 Å². The minimum atomic E-state index is -1.04. The topological polar surface area (TPSA) is 124 Å². The van der Waals surface area contributed by atoms with E-state index < -0.39 is 11.9 Å². The van der Waals surface area contributed by atoms with Gasteiger partial charge in [0.05, 0.1) is 16.8 Å². The normalized spacial score (nSPS) is 9.89. The fourth-order valence-electron chi connectivity index (χ4n) is 2.43. The minimum absolute atomic E-state index is 0. The number of carbonyl (C=O) groups is 2. The van der Waals surface area contributed by atoms with Gasteiger partial charge in [-0.25, -0.2) is 14.6 Å². The van der Waals surface area contributed by atoms with Gasteiger partial charge in [-0.05, 0) is 43.3 Å². The first-order chi connectivity index (χ1) is 12.9. The van der Waals surface area contributed by atoms with E-state index >= 15 is 0 Å². The van der Waals surface area contributed by atoms with E-state index in [2.05, 4.69) is 20.6 Å². The van der Waals surface area contributed by atoms with Crippen LogP contribution in [0.2, 0.25) is 0 Å². The monoisotopic (exact) mass is 400 g/mol. The third-order valence-corrected chi connectivity index (χ3v) is 3.66. The van der Waals surface area contributed by atoms with Crippen molar-refractivity contribution in [2.24, 2.45) is 0 Å². The Labute approximate surface area is 166 Å². The number of carboxylic acids is 2. The molecule has 0 saturated heterocycles. The van der Waals surface area contributed by atoms with Crippen LogP contribution in [0.25, 0.3) is 0 Å². The summed E-state index contributed by atoms with van der Waals surface area (Å²) in [5.74, 6) is -1.31. The summed E-state index contributed by atoms with van der Waals surface area (Å²) in [7, 11) is 0. The van der Waals surface area contributed by atoms with Crippen LogP contribution in [0.4, 0.5) is 23.1 Å². The maximum Gasteiger partial charge on any atom is 0.337 e. The Kier molecular flexibility index (Phi) is 6.51. The Bertz CT molecular complexity index is 1010. The number of hydrogen-bond donors (Lipinski definition) is 4. The molecule has 0 atom stereocenters. The molecule has 3 aromatic rings. The smallest absolute Gasteiger partial charge is 0.337 e. The van der Waals surface area contributed by atoms with Gasteiger partial charge in [0.15, 0.2) is 0 Å². The third-order valence-electron chi connectivity index (χ3n) is 3.66. The number of halogens is 1. The highest BCUT2D eigenvalue weighted by Gasteiger charge is 2.11. The standard InChI is InChI=1S/C19H16N4O4.ClH/c1-11-10-16(22-15-5-3-2-4-14(15)18(26)27)23-19(20-11)21-13-8-6-12(7-9-13)17(24)25;/h2-10H,1H3,(H,24,25)(H,26,27)(H2,20,21,22,23);1H. The van der Waals surface area contributed by atoms with E-state index in [9.17, 15) is 14.7 Å². The van der Waals surface area contributed by atoms with Crippen molar-refractivity contribution in [3.05, 3.63) is 71.4 Å². The summed E-state index contributed by atoms with van der Waals surface area (Å²) < 4.78 is 0. The summed E-state index contributed by atoms with van der Waals surface area (Å²) in [4.78, 5) is 30.9. The molecule has 0 bridgehead atoms. The van der Waals surface area contributed by atoms with Gasteiger partial charge < -0.3 is 20.8 Å². The number of aryl methyl sites for hydroxylation is 1. The predicted molar refractivity (Wildman–Crippen MR) is 107 cm³/mol. The maximum atomic E-state index is 11.3. The van der Waals surface area contributed by atoms with Crippen LogP contribution in [-0.2, 0) is 0 Å². The molecule has 1 heterocycles. The Balaban J connectivity index is 0.00000280. The SMILES string of the molecule is Cc1cc(Nc2ccccc2C(=O)O)nc(Nc2ccc(C(=O)O)cc2)n1.Cl. The summed E-state index contributed by atoms with van der Waals surface area (Å²) in [6, 6.07) is 14.4. The summed E-state index contributed by atoms with van der Waals surface area (Å²) in [6.45, 7) is 1.79. The van der Waals surface area contributed by atoms with E-state index in [1.54, 1.807) is 43.3 Å². The second kappa shape index (κ2) is 8.83. The van der Waals surface area contributed by atoms with Crippen LogP contribution in [0.5, 0.6) is 0 Å². The quantitative estimate of drug-likeness (QED) is 0.487. The number of hydrogen-bond acceptors (Lipinski definition) is 6. The molecule has 2 aromatic carbocycles. The van der Waals surface area contributed by atoms with Crippen molar-refractivity contribution in [1.82, 2.24) is 9.97 Å². The molecule has 1 aromatic heterocycles. The van der Waals surface area contributed by atoms with Crippen LogP contribution in [-0.4, -0.2) is 32.1 Å². The summed E-state index contributed by atoms with van der Waals surface area (Å²) in [6.07, 6.45) is 0. The first-order valence-corrected chi connectivity index (χ1v) is 7.98. The number of benzene rings is 2. The molecule has 0 fully saturated rings. The third kappa shape index (κ3) is 4.95. The lowest BCUT2D eigenvalue weighted by atomic mass is 10.2. The van der Waals surface area contributed by atoms with Gasteiger partial charge in [-0.2, -0.15) is 4.98 Å². The van der Waals surface area contributed by atoms with Crippen LogP contribution in [0.1, 0.15) is 26.4 Å². The van der Waals surface area contributed by atoms with Crippen molar-refractivity contribution in [3.63, 3.8) is 0 Å². The van der Waals surface area contributed by atoms with E-state index in [4.69, 9.17) is 5.11 Å². The number of aromatic nitrogens is 2. The molecule has 0 spiro atoms. The lowest BCUT2D eigenvalue weighted by Crippen LogP contribution is -2.06. The molecule has 0 aliphatic rings. The first kappa shape index (κ1) is 20.7. The molecule has 28 heavy (non-hydrogen) atoms. The summed E-state index contributed by atoms with van der Waals surface area (Å²) in [5.41, 5.74) is 2.03. The summed E-state index contributed by atoms with van der Waals surface area (Å²) >= 11 is 0. The van der Waals surface area contributed by atoms with Crippen molar-refractivity contribution < 1.29 is 19.8 Å². The fraction of sp³-hybridized carbons (Fsp3) is 0.0526. The van der Waals surface area contributed by atoms with E-state index in [-0.39, 0.29) is 23.5 Å². The predicted octanol–water partition coefficient (Wildman–Crippen LogP) is 4.09. The number of nitrogens with one attached hydrogen (secondary N) is 2. The molecule has 144 valence electrons. The number of rotatable bonds is 6. The van der Waals surface area contributed by atoms with E-state index in [1.807, 2.05) is 0 Å². The number of anilines is 4. The highest BCUT2D eigenvalue weighted by Crippen LogP contribution is 2.22. The van der Waals surface area contributed by atoms with Gasteiger partial charge in [0.2, 0.25) is 5.95 Å². The molecular weight excluding hydrogens is 384 g/mol. The second-order valence-corrected chi connectivity index (χ2v) is 5.70. The second-order valence-electron chi connectivity index (χ2n) is 5.70. The van der Waals surface area contributed by atoms with Crippen LogP contribution >= 0.6 is 12.4 Å². The number of para-hydroxylation sites is 1. The van der Waals surface area contributed by atoms with Gasteiger partial charge in [-0.1, -0.05) is 12.1 Å². The number of aromatic carboxylic acids is 2. The van der Waals surface area contributed by atoms with Crippen molar-refractivity contribution in [2.75, 3.05) is 10.6 Å². The molecule has 0 radical (unpaired) electrons. The van der Waals surface area contributed by atoms with Crippen molar-refractivity contribution >= 4 is 47.5 Å². The van der Waals surface area contributed by atoms with Gasteiger partial charge in [0.25, 0.3) is 0 Å². The van der Waals surface area contributed by atoms with E-state index in [0.717, 1.165) is 0 Å². The Hall–Kier alpha value is -3.65. The molecule has 9 heteroatoms. The fourth-order valence-corrected chi connectivity index (χ4v) is 2.43. The Morgan fingerprint density at radius 2 is 1.57 bits per heavy atom. The van der Waals surface area contributed by atoms with Crippen molar-refractivity contribution in [1.29, 1.82) is 0 Å².